The second-order valence-electron chi connectivity index (χ2n) is 7.28. The third-order valence-corrected chi connectivity index (χ3v) is 4.92. The maximum atomic E-state index is 4.70. The average molecular weight is 338 g/mol. The van der Waals surface area contributed by atoms with E-state index >= 15 is 0 Å². The van der Waals surface area contributed by atoms with Gasteiger partial charge in [-0.2, -0.15) is 0 Å². The summed E-state index contributed by atoms with van der Waals surface area (Å²) in [5.41, 5.74) is 3.95. The lowest BCUT2D eigenvalue weighted by Gasteiger charge is -2.36. The fourth-order valence-electron chi connectivity index (χ4n) is 3.68. The van der Waals surface area contributed by atoms with Crippen molar-refractivity contribution < 1.29 is 0 Å². The number of benzene rings is 1. The van der Waals surface area contributed by atoms with Gasteiger partial charge in [-0.15, -0.1) is 0 Å². The van der Waals surface area contributed by atoms with Crippen LogP contribution in [0.15, 0.2) is 36.5 Å². The van der Waals surface area contributed by atoms with Crippen molar-refractivity contribution in [3.63, 3.8) is 0 Å². The minimum Gasteiger partial charge on any atom is -0.305 e. The molecule has 0 amide bonds. The van der Waals surface area contributed by atoms with Gasteiger partial charge in [0.1, 0.15) is 5.82 Å². The Kier molecular flexibility index (Phi) is 6.16. The molecule has 0 unspecified atom stereocenters. The number of hydrogen-bond acceptors (Lipinski definition) is 4. The lowest BCUT2D eigenvalue weighted by molar-refractivity contribution is 0.138. The van der Waals surface area contributed by atoms with Crippen LogP contribution < -0.4 is 0 Å². The Morgan fingerprint density at radius 3 is 2.64 bits per heavy atom. The fraction of sp³-hybridized carbons (Fsp3) is 0.524. The van der Waals surface area contributed by atoms with Gasteiger partial charge in [-0.3, -0.25) is 4.90 Å². The zero-order chi connectivity index (χ0) is 17.6. The van der Waals surface area contributed by atoms with Gasteiger partial charge >= 0.3 is 0 Å². The molecular weight excluding hydrogens is 308 g/mol. The Labute approximate surface area is 151 Å². The van der Waals surface area contributed by atoms with E-state index in [9.17, 15) is 0 Å². The van der Waals surface area contributed by atoms with E-state index < -0.39 is 0 Å². The highest BCUT2D eigenvalue weighted by molar-refractivity contribution is 5.25. The van der Waals surface area contributed by atoms with Crippen molar-refractivity contribution in [2.75, 3.05) is 20.6 Å². The zero-order valence-electron chi connectivity index (χ0n) is 15.8. The first-order chi connectivity index (χ1) is 12.2. The van der Waals surface area contributed by atoms with Crippen LogP contribution in [0.3, 0.4) is 0 Å². The predicted molar refractivity (Wildman–Crippen MR) is 102 cm³/mol. The Morgan fingerprint density at radius 1 is 1.12 bits per heavy atom. The number of hydrogen-bond donors (Lipinski definition) is 0. The lowest BCUT2D eigenvalue weighted by atomic mass is 9.94. The summed E-state index contributed by atoms with van der Waals surface area (Å²) in [6, 6.07) is 11.8. The minimum absolute atomic E-state index is 0.502. The van der Waals surface area contributed by atoms with Gasteiger partial charge in [-0.1, -0.05) is 37.6 Å². The molecule has 1 aromatic heterocycles. The molecule has 0 aliphatic carbocycles. The smallest absolute Gasteiger partial charge is 0.128 e. The SMILES string of the molecule is CCc1nccc(CN2CCCC[C@H]2c2ccc(CN(C)C)cc2)n1. The van der Waals surface area contributed by atoms with Crippen molar-refractivity contribution >= 4 is 0 Å². The van der Waals surface area contributed by atoms with E-state index in [4.69, 9.17) is 4.98 Å². The van der Waals surface area contributed by atoms with Crippen molar-refractivity contribution in [1.29, 1.82) is 0 Å². The largest absolute Gasteiger partial charge is 0.305 e. The number of nitrogens with zero attached hydrogens (tertiary/aromatic N) is 4. The molecule has 1 aliphatic rings. The van der Waals surface area contributed by atoms with E-state index in [2.05, 4.69) is 66.1 Å². The Bertz CT molecular complexity index is 666. The molecule has 4 heteroatoms. The topological polar surface area (TPSA) is 32.3 Å². The molecule has 0 bridgehead atoms. The average Bonchev–Trinajstić information content (AvgIpc) is 2.63. The first-order valence-corrected chi connectivity index (χ1v) is 9.44. The molecular formula is C21H30N4. The van der Waals surface area contributed by atoms with Crippen molar-refractivity contribution in [1.82, 2.24) is 19.8 Å². The van der Waals surface area contributed by atoms with E-state index in [-0.39, 0.29) is 0 Å². The highest BCUT2D eigenvalue weighted by Crippen LogP contribution is 2.32. The summed E-state index contributed by atoms with van der Waals surface area (Å²) in [5, 5.41) is 0. The van der Waals surface area contributed by atoms with Crippen molar-refractivity contribution in [2.45, 2.75) is 51.7 Å². The van der Waals surface area contributed by atoms with Gasteiger partial charge in [-0.05, 0) is 50.7 Å². The maximum Gasteiger partial charge on any atom is 0.128 e. The van der Waals surface area contributed by atoms with Crippen LogP contribution >= 0.6 is 0 Å². The van der Waals surface area contributed by atoms with Crippen molar-refractivity contribution in [3.8, 4) is 0 Å². The quantitative estimate of drug-likeness (QED) is 0.801. The van der Waals surface area contributed by atoms with Crippen LogP contribution in [0.2, 0.25) is 0 Å². The molecule has 0 saturated carbocycles. The number of piperidine rings is 1. The molecule has 1 atom stereocenters. The van der Waals surface area contributed by atoms with Crippen LogP contribution in [-0.4, -0.2) is 40.4 Å². The molecule has 4 nitrogen and oxygen atoms in total. The summed E-state index contributed by atoms with van der Waals surface area (Å²) in [6.07, 6.45) is 6.62. The van der Waals surface area contributed by atoms with Crippen LogP contribution in [0.1, 0.15) is 54.9 Å². The van der Waals surface area contributed by atoms with Crippen LogP contribution in [0.4, 0.5) is 0 Å². The fourth-order valence-corrected chi connectivity index (χ4v) is 3.68. The van der Waals surface area contributed by atoms with Crippen molar-refractivity contribution in [2.24, 2.45) is 0 Å². The normalized spacial score (nSPS) is 18.6. The molecule has 0 spiro atoms. The molecule has 2 aromatic rings. The van der Waals surface area contributed by atoms with Gasteiger partial charge in [0.2, 0.25) is 0 Å². The molecule has 1 aromatic carbocycles. The molecule has 0 N–H and O–H groups in total. The minimum atomic E-state index is 0.502. The lowest BCUT2D eigenvalue weighted by Crippen LogP contribution is -2.33. The summed E-state index contributed by atoms with van der Waals surface area (Å²) >= 11 is 0. The Hall–Kier alpha value is -1.78. The number of rotatable bonds is 6. The Morgan fingerprint density at radius 2 is 1.92 bits per heavy atom. The standard InChI is InChI=1S/C21H30N4/c1-4-21-22-13-12-19(23-21)16-25-14-6-5-7-20(25)18-10-8-17(9-11-18)15-24(2)3/h8-13,20H,4-7,14-16H2,1-3H3/t20-/m0/s1. The van der Waals surface area contributed by atoms with Crippen LogP contribution in [0.25, 0.3) is 0 Å². The monoisotopic (exact) mass is 338 g/mol. The molecule has 1 saturated heterocycles. The van der Waals surface area contributed by atoms with Gasteiger partial charge in [0.15, 0.2) is 0 Å². The molecule has 0 radical (unpaired) electrons. The second kappa shape index (κ2) is 8.54. The highest BCUT2D eigenvalue weighted by atomic mass is 15.2. The molecule has 3 rings (SSSR count). The van der Waals surface area contributed by atoms with Crippen LogP contribution in [-0.2, 0) is 19.5 Å². The van der Waals surface area contributed by atoms with E-state index in [0.717, 1.165) is 37.6 Å². The number of likely N-dealkylation sites (tertiary alicyclic amines) is 1. The third-order valence-electron chi connectivity index (χ3n) is 4.92. The first kappa shape index (κ1) is 18.0. The van der Waals surface area contributed by atoms with Gasteiger partial charge in [0.25, 0.3) is 0 Å². The molecule has 1 aliphatic heterocycles. The van der Waals surface area contributed by atoms with Gasteiger partial charge in [-0.25, -0.2) is 9.97 Å². The zero-order valence-corrected chi connectivity index (χ0v) is 15.8. The Balaban J connectivity index is 1.74. The summed E-state index contributed by atoms with van der Waals surface area (Å²) in [5.74, 6) is 0.944. The third kappa shape index (κ3) is 4.86. The van der Waals surface area contributed by atoms with E-state index in [1.807, 2.05) is 6.20 Å². The van der Waals surface area contributed by atoms with Gasteiger partial charge in [0, 0.05) is 31.7 Å². The molecule has 134 valence electrons. The van der Waals surface area contributed by atoms with Crippen LogP contribution in [0, 0.1) is 0 Å². The maximum absolute atomic E-state index is 4.70. The van der Waals surface area contributed by atoms with Crippen LogP contribution in [0.5, 0.6) is 0 Å². The van der Waals surface area contributed by atoms with Gasteiger partial charge < -0.3 is 4.90 Å². The first-order valence-electron chi connectivity index (χ1n) is 9.44. The molecule has 25 heavy (non-hydrogen) atoms. The highest BCUT2D eigenvalue weighted by Gasteiger charge is 2.24. The molecule has 2 heterocycles. The summed E-state index contributed by atoms with van der Waals surface area (Å²) < 4.78 is 0. The number of aryl methyl sites for hydroxylation is 1. The summed E-state index contributed by atoms with van der Waals surface area (Å²) in [6.45, 7) is 5.17. The molecule has 1 fully saturated rings. The van der Waals surface area contributed by atoms with E-state index in [1.54, 1.807) is 0 Å². The summed E-state index contributed by atoms with van der Waals surface area (Å²) in [7, 11) is 4.23. The second-order valence-corrected chi connectivity index (χ2v) is 7.28. The predicted octanol–water partition coefficient (Wildman–Crippen LogP) is 3.83. The number of aromatic nitrogens is 2. The van der Waals surface area contributed by atoms with Gasteiger partial charge in [0.05, 0.1) is 5.69 Å². The van der Waals surface area contributed by atoms with E-state index in [0.29, 0.717) is 6.04 Å². The van der Waals surface area contributed by atoms with E-state index in [1.165, 1.54) is 30.4 Å². The van der Waals surface area contributed by atoms with Crippen molar-refractivity contribution in [3.05, 3.63) is 59.2 Å². The summed E-state index contributed by atoms with van der Waals surface area (Å²) in [4.78, 5) is 13.8.